The summed E-state index contributed by atoms with van der Waals surface area (Å²) in [5.41, 5.74) is 6.06. The van der Waals surface area contributed by atoms with Crippen LogP contribution in [0.15, 0.2) is 89.7 Å². The molecular weight excluding hydrogens is 498 g/mol. The van der Waals surface area contributed by atoms with Gasteiger partial charge in [-0.1, -0.05) is 53.7 Å². The topological polar surface area (TPSA) is 76.2 Å². The van der Waals surface area contributed by atoms with Gasteiger partial charge in [0.05, 0.1) is 11.1 Å². The summed E-state index contributed by atoms with van der Waals surface area (Å²) in [7, 11) is 0. The number of benzene rings is 3. The van der Waals surface area contributed by atoms with Gasteiger partial charge in [-0.3, -0.25) is 9.78 Å². The van der Waals surface area contributed by atoms with Crippen molar-refractivity contribution in [3.8, 4) is 33.6 Å². The Bertz CT molecular complexity index is 1690. The fraction of sp³-hybridized carbons (Fsp3) is 0.156. The lowest BCUT2D eigenvalue weighted by molar-refractivity contribution is -0.140. The standard InChI is InChI=1S/C32H24F2N2O3/c1-19-27(15-20-14-24(18-35-17-20)28-16-26(33)10-11-29(28)34)30(39-36-19)23-4-2-21(3-5-23)22-6-8-25(9-7-22)32(12-13-32)31(37)38/h2-11,14,16-18H,12-13,15H2,1H3,(H,37,38). The fourth-order valence-corrected chi connectivity index (χ4v) is 5.02. The van der Waals surface area contributed by atoms with Crippen LogP contribution in [-0.4, -0.2) is 21.2 Å². The molecule has 5 nitrogen and oxygen atoms in total. The first-order valence-corrected chi connectivity index (χ1v) is 12.6. The van der Waals surface area contributed by atoms with E-state index < -0.39 is 23.0 Å². The maximum atomic E-state index is 14.3. The Hall–Kier alpha value is -4.65. The summed E-state index contributed by atoms with van der Waals surface area (Å²) in [6, 6.07) is 20.8. The van der Waals surface area contributed by atoms with Gasteiger partial charge in [-0.15, -0.1) is 0 Å². The molecule has 2 heterocycles. The molecule has 2 aromatic heterocycles. The third kappa shape index (κ3) is 4.61. The number of halogens is 2. The van der Waals surface area contributed by atoms with E-state index in [1.54, 1.807) is 12.3 Å². The summed E-state index contributed by atoms with van der Waals surface area (Å²) < 4.78 is 33.8. The molecule has 3 aromatic carbocycles. The van der Waals surface area contributed by atoms with Gasteiger partial charge in [0.15, 0.2) is 5.76 Å². The van der Waals surface area contributed by atoms with Crippen LogP contribution in [0.5, 0.6) is 0 Å². The number of hydrogen-bond acceptors (Lipinski definition) is 4. The van der Waals surface area contributed by atoms with Gasteiger partial charge in [-0.05, 0) is 66.3 Å². The Balaban J connectivity index is 1.25. The molecule has 194 valence electrons. The zero-order chi connectivity index (χ0) is 27.1. The lowest BCUT2D eigenvalue weighted by atomic mass is 9.93. The highest BCUT2D eigenvalue weighted by atomic mass is 19.1. The van der Waals surface area contributed by atoms with Crippen molar-refractivity contribution >= 4 is 5.97 Å². The van der Waals surface area contributed by atoms with Gasteiger partial charge in [0.25, 0.3) is 0 Å². The monoisotopic (exact) mass is 522 g/mol. The lowest BCUT2D eigenvalue weighted by Gasteiger charge is -2.11. The van der Waals surface area contributed by atoms with Crippen molar-refractivity contribution in [2.75, 3.05) is 0 Å². The van der Waals surface area contributed by atoms with Crippen LogP contribution in [0.4, 0.5) is 8.78 Å². The first-order chi connectivity index (χ1) is 18.8. The van der Waals surface area contributed by atoms with E-state index in [2.05, 4.69) is 10.1 Å². The van der Waals surface area contributed by atoms with Gasteiger partial charge >= 0.3 is 5.97 Å². The molecule has 0 atom stereocenters. The number of aryl methyl sites for hydroxylation is 1. The normalized spacial score (nSPS) is 13.8. The molecule has 0 aliphatic heterocycles. The van der Waals surface area contributed by atoms with Crippen LogP contribution in [0, 0.1) is 18.6 Å². The van der Waals surface area contributed by atoms with Gasteiger partial charge in [0.1, 0.15) is 11.6 Å². The third-order valence-corrected chi connectivity index (χ3v) is 7.48. The van der Waals surface area contributed by atoms with Gasteiger partial charge in [0, 0.05) is 41.1 Å². The van der Waals surface area contributed by atoms with Crippen LogP contribution in [0.3, 0.4) is 0 Å². The summed E-state index contributed by atoms with van der Waals surface area (Å²) in [6.45, 7) is 1.87. The molecule has 0 amide bonds. The number of pyridine rings is 1. The van der Waals surface area contributed by atoms with Crippen molar-refractivity contribution in [3.63, 3.8) is 0 Å². The molecule has 0 spiro atoms. The van der Waals surface area contributed by atoms with E-state index in [1.807, 2.05) is 55.5 Å². The summed E-state index contributed by atoms with van der Waals surface area (Å²) in [4.78, 5) is 15.9. The zero-order valence-corrected chi connectivity index (χ0v) is 21.1. The van der Waals surface area contributed by atoms with E-state index in [9.17, 15) is 18.7 Å². The van der Waals surface area contributed by atoms with Crippen LogP contribution < -0.4 is 0 Å². The predicted molar refractivity (Wildman–Crippen MR) is 143 cm³/mol. The Morgan fingerprint density at radius 1 is 0.897 bits per heavy atom. The van der Waals surface area contributed by atoms with Crippen LogP contribution >= 0.6 is 0 Å². The number of aromatic nitrogens is 2. The van der Waals surface area contributed by atoms with E-state index in [0.717, 1.165) is 57.3 Å². The summed E-state index contributed by atoms with van der Waals surface area (Å²) in [6.07, 6.45) is 5.02. The van der Waals surface area contributed by atoms with E-state index in [4.69, 9.17) is 4.52 Å². The number of carboxylic acid groups (broad SMARTS) is 1. The summed E-state index contributed by atoms with van der Waals surface area (Å²) >= 11 is 0. The number of aliphatic carboxylic acids is 1. The van der Waals surface area contributed by atoms with Crippen molar-refractivity contribution in [1.82, 2.24) is 10.1 Å². The Morgan fingerprint density at radius 2 is 1.56 bits per heavy atom. The minimum atomic E-state index is -0.763. The largest absolute Gasteiger partial charge is 0.481 e. The molecule has 7 heteroatoms. The van der Waals surface area contributed by atoms with Crippen LogP contribution in [0.2, 0.25) is 0 Å². The van der Waals surface area contributed by atoms with Crippen molar-refractivity contribution in [2.24, 2.45) is 0 Å². The van der Waals surface area contributed by atoms with Gasteiger partial charge in [-0.25, -0.2) is 8.78 Å². The molecule has 0 unspecified atom stereocenters. The Labute approximate surface area is 223 Å². The molecule has 1 N–H and O–H groups in total. The van der Waals surface area contributed by atoms with Crippen molar-refractivity contribution in [1.29, 1.82) is 0 Å². The zero-order valence-electron chi connectivity index (χ0n) is 21.1. The third-order valence-electron chi connectivity index (χ3n) is 7.48. The molecule has 5 aromatic rings. The van der Waals surface area contributed by atoms with Gasteiger partial charge < -0.3 is 9.63 Å². The average Bonchev–Trinajstić information content (AvgIpc) is 3.70. The lowest BCUT2D eigenvalue weighted by Crippen LogP contribution is -2.19. The summed E-state index contributed by atoms with van der Waals surface area (Å²) in [5, 5.41) is 13.7. The first-order valence-electron chi connectivity index (χ1n) is 12.6. The minimum Gasteiger partial charge on any atom is -0.481 e. The molecule has 1 saturated carbocycles. The molecule has 0 radical (unpaired) electrons. The van der Waals surface area contributed by atoms with Crippen molar-refractivity contribution in [3.05, 3.63) is 119 Å². The van der Waals surface area contributed by atoms with E-state index >= 15 is 0 Å². The van der Waals surface area contributed by atoms with E-state index in [0.29, 0.717) is 30.6 Å². The first kappa shape index (κ1) is 24.7. The second kappa shape index (κ2) is 9.58. The molecule has 39 heavy (non-hydrogen) atoms. The SMILES string of the molecule is Cc1noc(-c2ccc(-c3ccc(C4(C(=O)O)CC4)cc3)cc2)c1Cc1cncc(-c2cc(F)ccc2F)c1. The molecular formula is C32H24F2N2O3. The number of rotatable bonds is 7. The smallest absolute Gasteiger partial charge is 0.314 e. The highest BCUT2D eigenvalue weighted by molar-refractivity contribution is 5.85. The van der Waals surface area contributed by atoms with Gasteiger partial charge in [-0.2, -0.15) is 0 Å². The Morgan fingerprint density at radius 3 is 2.23 bits per heavy atom. The second-order valence-corrected chi connectivity index (χ2v) is 10.0. The van der Waals surface area contributed by atoms with Crippen LogP contribution in [0.1, 0.15) is 35.2 Å². The Kier molecular flexibility index (Phi) is 6.06. The quantitative estimate of drug-likeness (QED) is 0.242. The fourth-order valence-electron chi connectivity index (χ4n) is 5.02. The van der Waals surface area contributed by atoms with Crippen LogP contribution in [0.25, 0.3) is 33.6 Å². The highest BCUT2D eigenvalue weighted by Gasteiger charge is 2.51. The maximum Gasteiger partial charge on any atom is 0.314 e. The molecule has 6 rings (SSSR count). The molecule has 1 aliphatic carbocycles. The predicted octanol–water partition coefficient (Wildman–Crippen LogP) is 7.36. The highest BCUT2D eigenvalue weighted by Crippen LogP contribution is 2.48. The minimum absolute atomic E-state index is 0.158. The molecule has 1 fully saturated rings. The maximum absolute atomic E-state index is 14.3. The molecule has 1 aliphatic rings. The van der Waals surface area contributed by atoms with Gasteiger partial charge in [0.2, 0.25) is 0 Å². The second-order valence-electron chi connectivity index (χ2n) is 10.0. The summed E-state index contributed by atoms with van der Waals surface area (Å²) in [5.74, 6) is -1.16. The van der Waals surface area contributed by atoms with Crippen molar-refractivity contribution in [2.45, 2.75) is 31.6 Å². The van der Waals surface area contributed by atoms with Crippen LogP contribution in [-0.2, 0) is 16.6 Å². The number of carbonyl (C=O) groups is 1. The van der Waals surface area contributed by atoms with E-state index in [-0.39, 0.29) is 5.56 Å². The van der Waals surface area contributed by atoms with E-state index in [1.165, 1.54) is 6.20 Å². The van der Waals surface area contributed by atoms with Crippen molar-refractivity contribution < 1.29 is 23.2 Å². The number of carboxylic acids is 1. The molecule has 0 bridgehead atoms. The molecule has 0 saturated heterocycles. The number of hydrogen-bond donors (Lipinski definition) is 1. The number of nitrogens with zero attached hydrogens (tertiary/aromatic N) is 2. The average molecular weight is 523 g/mol.